The summed E-state index contributed by atoms with van der Waals surface area (Å²) >= 11 is 0. The maximum atomic E-state index is 4.00. The topological polar surface area (TPSA) is 0 Å². The van der Waals surface area contributed by atoms with E-state index in [9.17, 15) is 0 Å². The third kappa shape index (κ3) is 7.61. The molecule has 0 nitrogen and oxygen atoms in total. The van der Waals surface area contributed by atoms with Crippen molar-refractivity contribution in [1.82, 2.24) is 0 Å². The van der Waals surface area contributed by atoms with Crippen LogP contribution < -0.4 is 24.8 Å². The molecule has 2 aliphatic rings. The zero-order valence-electron chi connectivity index (χ0n) is 29.2. The van der Waals surface area contributed by atoms with Crippen LogP contribution in [0.4, 0.5) is 0 Å². The molecule has 0 atom stereocenters. The van der Waals surface area contributed by atoms with Crippen LogP contribution in [-0.2, 0) is 43.5 Å². The van der Waals surface area contributed by atoms with Gasteiger partial charge in [-0.15, -0.1) is 35.2 Å². The summed E-state index contributed by atoms with van der Waals surface area (Å²) in [6, 6.07) is 42.4. The van der Waals surface area contributed by atoms with Gasteiger partial charge in [0.05, 0.1) is 0 Å². The Kier molecular flexibility index (Phi) is 12.1. The van der Waals surface area contributed by atoms with Crippen LogP contribution in [0, 0.1) is 12.1 Å². The Morgan fingerprint density at radius 3 is 1.65 bits per heavy atom. The maximum Gasteiger partial charge on any atom is 4.00 e. The molecule has 8 rings (SSSR count). The van der Waals surface area contributed by atoms with Gasteiger partial charge in [-0.3, -0.25) is 6.08 Å². The van der Waals surface area contributed by atoms with Crippen molar-refractivity contribution in [1.29, 1.82) is 0 Å². The molecule has 6 aromatic carbocycles. The summed E-state index contributed by atoms with van der Waals surface area (Å²) in [5, 5.41) is 5.17. The van der Waals surface area contributed by atoms with E-state index in [1.54, 1.807) is 0 Å². The molecule has 0 aromatic heterocycles. The minimum atomic E-state index is -0.0175. The molecular weight excluding hydrogens is 715 g/mol. The molecule has 0 radical (unpaired) electrons. The van der Waals surface area contributed by atoms with Crippen molar-refractivity contribution in [3.63, 3.8) is 0 Å². The molecule has 0 bridgehead atoms. The Balaban J connectivity index is 0.000000623. The third-order valence-corrected chi connectivity index (χ3v) is 9.40. The van der Waals surface area contributed by atoms with E-state index in [4.69, 9.17) is 0 Å². The predicted octanol–water partition coefficient (Wildman–Crippen LogP) is 6.60. The van der Waals surface area contributed by atoms with Crippen LogP contribution in [0.3, 0.4) is 0 Å². The van der Waals surface area contributed by atoms with E-state index in [2.05, 4.69) is 163 Å². The molecule has 0 saturated heterocycles. The van der Waals surface area contributed by atoms with Gasteiger partial charge in [-0.2, -0.15) is 6.08 Å². The quantitative estimate of drug-likeness (QED) is 0.175. The van der Waals surface area contributed by atoms with Crippen molar-refractivity contribution < 1.29 is 51.0 Å². The molecule has 6 aromatic rings. The zero-order chi connectivity index (χ0) is 32.1. The van der Waals surface area contributed by atoms with E-state index < -0.39 is 0 Å². The third-order valence-electron chi connectivity index (χ3n) is 9.40. The Hall–Kier alpha value is -3.22. The Morgan fingerprint density at radius 1 is 0.551 bits per heavy atom. The van der Waals surface area contributed by atoms with Gasteiger partial charge in [-0.05, 0) is 55.7 Å². The summed E-state index contributed by atoms with van der Waals surface area (Å²) in [4.78, 5) is 0. The monoisotopic (exact) mass is 754 g/mol. The standard InChI is InChI=1S/C41H37.C5H5.2ClH.Zr/c1-40(2,3)38-24-34-28(22-36(38)32-19-11-15-26-13-7-9-17-30(26)32)21-29-23-37(39(25-35(29)34)41(4,5)6)33-20-12-16-27-14-8-10-18-31(27)33;1-2-4-5-3-1;;;/h7-20,22,24-25H,21H2,1-6H3;1-3H,4H2;2*1H;/q2*-1;;;+4/p-2. The van der Waals surface area contributed by atoms with E-state index >= 15 is 0 Å². The van der Waals surface area contributed by atoms with Crippen LogP contribution in [0.5, 0.6) is 0 Å². The van der Waals surface area contributed by atoms with E-state index in [0.29, 0.717) is 0 Å². The minimum absolute atomic E-state index is 0. The van der Waals surface area contributed by atoms with Gasteiger partial charge in [0.2, 0.25) is 0 Å². The fourth-order valence-corrected chi connectivity index (χ4v) is 7.09. The van der Waals surface area contributed by atoms with Crippen LogP contribution >= 0.6 is 0 Å². The molecule has 49 heavy (non-hydrogen) atoms. The number of hydrogen-bond acceptors (Lipinski definition) is 0. The van der Waals surface area contributed by atoms with Gasteiger partial charge < -0.3 is 24.8 Å². The number of benzene rings is 6. The molecule has 0 N–H and O–H groups in total. The summed E-state index contributed by atoms with van der Waals surface area (Å²) in [7, 11) is 0. The Labute approximate surface area is 324 Å². The molecule has 244 valence electrons. The molecule has 0 fully saturated rings. The van der Waals surface area contributed by atoms with Crippen LogP contribution in [0.2, 0.25) is 0 Å². The van der Waals surface area contributed by atoms with Crippen molar-refractivity contribution in [2.75, 3.05) is 0 Å². The van der Waals surface area contributed by atoms with E-state index in [0.717, 1.165) is 12.8 Å². The molecule has 3 heteroatoms. The summed E-state index contributed by atoms with van der Waals surface area (Å²) in [6.45, 7) is 14.0. The fourth-order valence-electron chi connectivity index (χ4n) is 7.09. The largest absolute Gasteiger partial charge is 4.00 e. The van der Waals surface area contributed by atoms with E-state index in [1.807, 2.05) is 12.2 Å². The van der Waals surface area contributed by atoms with Gasteiger partial charge in [0.15, 0.2) is 0 Å². The van der Waals surface area contributed by atoms with Gasteiger partial charge in [0.25, 0.3) is 0 Å². The first-order valence-electron chi connectivity index (χ1n) is 16.5. The van der Waals surface area contributed by atoms with Crippen LogP contribution in [0.1, 0.15) is 70.2 Å². The fraction of sp³-hybridized carbons (Fsp3) is 0.217. The molecule has 0 spiro atoms. The van der Waals surface area contributed by atoms with Gasteiger partial charge in [0.1, 0.15) is 0 Å². The molecule has 0 unspecified atom stereocenters. The summed E-state index contributed by atoms with van der Waals surface area (Å²) in [6.07, 6.45) is 10.9. The Morgan fingerprint density at radius 2 is 1.10 bits per heavy atom. The van der Waals surface area contributed by atoms with E-state index in [-0.39, 0.29) is 61.8 Å². The van der Waals surface area contributed by atoms with Crippen LogP contribution in [0.15, 0.2) is 121 Å². The molecule has 2 aliphatic carbocycles. The predicted molar refractivity (Wildman–Crippen MR) is 198 cm³/mol. The summed E-state index contributed by atoms with van der Waals surface area (Å²) in [5.41, 5.74) is 13.4. The second kappa shape index (κ2) is 15.4. The maximum absolute atomic E-state index is 4.00. The van der Waals surface area contributed by atoms with Crippen molar-refractivity contribution in [3.8, 4) is 33.4 Å². The first-order chi connectivity index (χ1) is 22.1. The average molecular weight is 757 g/mol. The van der Waals surface area contributed by atoms with Gasteiger partial charge in [0, 0.05) is 0 Å². The smallest absolute Gasteiger partial charge is 1.00 e. The SMILES string of the molecule is CC(C)(C)c1cc2c([c-]c1-c1cccc3ccccc13)Cc1cc(-c3cccc4ccccc34)c(C(C)(C)C)cc1-2.[C-]1=CC=CC1.[Cl-].[Cl-].[Zr+4]. The molecule has 0 saturated carbocycles. The van der Waals surface area contributed by atoms with Crippen molar-refractivity contribution in [3.05, 3.63) is 156 Å². The first-order valence-corrected chi connectivity index (χ1v) is 16.5. The average Bonchev–Trinajstić information content (AvgIpc) is 3.74. The van der Waals surface area contributed by atoms with Crippen molar-refractivity contribution in [2.24, 2.45) is 0 Å². The van der Waals surface area contributed by atoms with Crippen LogP contribution in [-0.4, -0.2) is 0 Å². The number of halogens is 2. The molecule has 0 amide bonds. The van der Waals surface area contributed by atoms with Gasteiger partial charge >= 0.3 is 26.2 Å². The summed E-state index contributed by atoms with van der Waals surface area (Å²) < 4.78 is 0. The number of fused-ring (bicyclic) bond motifs is 5. The number of allylic oxidation sites excluding steroid dienone is 4. The van der Waals surface area contributed by atoms with Gasteiger partial charge in [-0.1, -0.05) is 161 Å². The first kappa shape index (κ1) is 38.6. The number of rotatable bonds is 2. The van der Waals surface area contributed by atoms with Gasteiger partial charge in [-0.25, -0.2) is 12.2 Å². The molecule has 0 heterocycles. The zero-order valence-corrected chi connectivity index (χ0v) is 33.2. The van der Waals surface area contributed by atoms with Crippen molar-refractivity contribution >= 4 is 21.5 Å². The van der Waals surface area contributed by atoms with E-state index in [1.165, 1.54) is 77.2 Å². The minimum Gasteiger partial charge on any atom is -1.00 e. The second-order valence-electron chi connectivity index (χ2n) is 14.7. The number of hydrogen-bond donors (Lipinski definition) is 0. The Bertz CT molecular complexity index is 2010. The van der Waals surface area contributed by atoms with Crippen molar-refractivity contribution in [2.45, 2.75) is 65.2 Å². The van der Waals surface area contributed by atoms with Crippen LogP contribution in [0.25, 0.3) is 54.9 Å². The normalized spacial score (nSPS) is 12.7. The second-order valence-corrected chi connectivity index (χ2v) is 14.7. The summed E-state index contributed by atoms with van der Waals surface area (Å²) in [5.74, 6) is 0. The molecule has 0 aliphatic heterocycles. The molecular formula is C46H42Cl2Zr.